The van der Waals surface area contributed by atoms with Crippen LogP contribution in [-0.4, -0.2) is 49.5 Å². The topological polar surface area (TPSA) is 91.6 Å². The lowest BCUT2D eigenvalue weighted by Crippen LogP contribution is -2.46. The lowest BCUT2D eigenvalue weighted by atomic mass is 10.2. The van der Waals surface area contributed by atoms with Crippen molar-refractivity contribution in [3.63, 3.8) is 0 Å². The minimum absolute atomic E-state index is 0.231. The summed E-state index contributed by atoms with van der Waals surface area (Å²) < 4.78 is 34.6. The number of aryl methyl sites for hydroxylation is 1. The Morgan fingerprint density at radius 3 is 2.30 bits per heavy atom. The number of nitrogens with one attached hydrogen (secondary N) is 1. The van der Waals surface area contributed by atoms with E-state index in [0.29, 0.717) is 30.0 Å². The highest BCUT2D eigenvalue weighted by molar-refractivity contribution is 7.92. The largest absolute Gasteiger partial charge is 0.468 e. The molecule has 1 fully saturated rings. The number of piperazine rings is 1. The molecule has 0 aliphatic carbocycles. The number of sulfonamides is 1. The van der Waals surface area contributed by atoms with Gasteiger partial charge in [-0.15, -0.1) is 0 Å². The summed E-state index contributed by atoms with van der Waals surface area (Å²) in [7, 11) is -3.82. The van der Waals surface area contributed by atoms with Gasteiger partial charge in [-0.3, -0.25) is 9.62 Å². The fourth-order valence-corrected chi connectivity index (χ4v) is 5.31. The van der Waals surface area contributed by atoms with E-state index in [0.717, 1.165) is 30.9 Å². The van der Waals surface area contributed by atoms with Crippen LogP contribution in [0, 0.1) is 6.92 Å². The standard InChI is InChI=1S/C24H25N5O3S/c1-18-7-2-5-11-22(18)33(30,31)27-23-24(26-21-10-4-3-9-20(21)25-23)29-14-12-28(13-15-29)17-19-8-6-16-32-19/h2-11,16H,12-15,17H2,1H3,(H,25,27). The van der Waals surface area contributed by atoms with Crippen molar-refractivity contribution in [2.45, 2.75) is 18.4 Å². The molecule has 4 aromatic rings. The maximum Gasteiger partial charge on any atom is 0.263 e. The number of anilines is 2. The molecule has 1 aliphatic heterocycles. The summed E-state index contributed by atoms with van der Waals surface area (Å²) in [5, 5.41) is 0. The predicted octanol–water partition coefficient (Wildman–Crippen LogP) is 3.65. The quantitative estimate of drug-likeness (QED) is 0.467. The van der Waals surface area contributed by atoms with Gasteiger partial charge in [0.05, 0.1) is 28.7 Å². The summed E-state index contributed by atoms with van der Waals surface area (Å²) in [5.74, 6) is 1.72. The van der Waals surface area contributed by atoms with Gasteiger partial charge in [-0.05, 0) is 42.8 Å². The maximum absolute atomic E-state index is 13.2. The first-order valence-corrected chi connectivity index (χ1v) is 12.3. The molecule has 2 aromatic heterocycles. The van der Waals surface area contributed by atoms with Crippen LogP contribution in [0.25, 0.3) is 11.0 Å². The molecule has 3 heterocycles. The summed E-state index contributed by atoms with van der Waals surface area (Å²) in [6, 6.07) is 18.3. The first-order valence-electron chi connectivity index (χ1n) is 10.8. The highest BCUT2D eigenvalue weighted by Gasteiger charge is 2.25. The number of fused-ring (bicyclic) bond motifs is 1. The fourth-order valence-electron chi connectivity index (χ4n) is 4.06. The van der Waals surface area contributed by atoms with Gasteiger partial charge in [-0.2, -0.15) is 0 Å². The van der Waals surface area contributed by atoms with Crippen molar-refractivity contribution in [1.82, 2.24) is 14.9 Å². The monoisotopic (exact) mass is 463 g/mol. The Bertz CT molecular complexity index is 1360. The number of para-hydroxylation sites is 2. The van der Waals surface area contributed by atoms with Crippen LogP contribution in [0.4, 0.5) is 11.6 Å². The van der Waals surface area contributed by atoms with Crippen LogP contribution in [0.1, 0.15) is 11.3 Å². The summed E-state index contributed by atoms with van der Waals surface area (Å²) in [5.41, 5.74) is 2.04. The molecule has 0 radical (unpaired) electrons. The van der Waals surface area contributed by atoms with E-state index in [1.54, 1.807) is 31.4 Å². The third-order valence-electron chi connectivity index (χ3n) is 5.80. The SMILES string of the molecule is Cc1ccccc1S(=O)(=O)Nc1nc2ccccc2nc1N1CCN(Cc2ccco2)CC1. The van der Waals surface area contributed by atoms with Gasteiger partial charge in [0.15, 0.2) is 11.6 Å². The second-order valence-electron chi connectivity index (χ2n) is 8.10. The molecule has 0 amide bonds. The van der Waals surface area contributed by atoms with Crippen LogP contribution in [0.3, 0.4) is 0 Å². The van der Waals surface area contributed by atoms with Gasteiger partial charge in [0.1, 0.15) is 5.76 Å². The van der Waals surface area contributed by atoms with E-state index in [1.165, 1.54) is 0 Å². The Kier molecular flexibility index (Phi) is 5.74. The summed E-state index contributed by atoms with van der Waals surface area (Å²) in [4.78, 5) is 14.1. The molecule has 2 aromatic carbocycles. The molecule has 1 saturated heterocycles. The molecule has 33 heavy (non-hydrogen) atoms. The van der Waals surface area contributed by atoms with Crippen molar-refractivity contribution >= 4 is 32.7 Å². The van der Waals surface area contributed by atoms with Gasteiger partial charge in [0.2, 0.25) is 0 Å². The Morgan fingerprint density at radius 1 is 0.909 bits per heavy atom. The van der Waals surface area contributed by atoms with E-state index in [4.69, 9.17) is 9.40 Å². The van der Waals surface area contributed by atoms with E-state index in [1.807, 2.05) is 42.5 Å². The number of aromatic nitrogens is 2. The molecule has 0 spiro atoms. The van der Waals surface area contributed by atoms with E-state index in [2.05, 4.69) is 19.5 Å². The van der Waals surface area contributed by atoms with Crippen LogP contribution in [0.15, 0.2) is 76.2 Å². The highest BCUT2D eigenvalue weighted by atomic mass is 32.2. The molecule has 1 N–H and O–H groups in total. The van der Waals surface area contributed by atoms with E-state index >= 15 is 0 Å². The van der Waals surface area contributed by atoms with E-state index in [9.17, 15) is 8.42 Å². The molecular formula is C24H25N5O3S. The Balaban J connectivity index is 1.44. The lowest BCUT2D eigenvalue weighted by Gasteiger charge is -2.35. The highest BCUT2D eigenvalue weighted by Crippen LogP contribution is 2.29. The molecule has 5 rings (SSSR count). The first-order chi connectivity index (χ1) is 16.0. The minimum Gasteiger partial charge on any atom is -0.468 e. The average molecular weight is 464 g/mol. The number of nitrogens with zero attached hydrogens (tertiary/aromatic N) is 4. The van der Waals surface area contributed by atoms with Gasteiger partial charge in [-0.25, -0.2) is 18.4 Å². The van der Waals surface area contributed by atoms with Gasteiger partial charge >= 0.3 is 0 Å². The first kappa shape index (κ1) is 21.4. The van der Waals surface area contributed by atoms with Crippen molar-refractivity contribution in [1.29, 1.82) is 0 Å². The van der Waals surface area contributed by atoms with Crippen molar-refractivity contribution < 1.29 is 12.8 Å². The van der Waals surface area contributed by atoms with E-state index < -0.39 is 10.0 Å². The van der Waals surface area contributed by atoms with Crippen LogP contribution in [0.5, 0.6) is 0 Å². The van der Waals surface area contributed by atoms with Gasteiger partial charge in [-0.1, -0.05) is 30.3 Å². The fraction of sp³-hybridized carbons (Fsp3) is 0.250. The Morgan fingerprint density at radius 2 is 1.61 bits per heavy atom. The zero-order valence-corrected chi connectivity index (χ0v) is 19.1. The van der Waals surface area contributed by atoms with Crippen molar-refractivity contribution in [2.24, 2.45) is 0 Å². The summed E-state index contributed by atoms with van der Waals surface area (Å²) >= 11 is 0. The van der Waals surface area contributed by atoms with Crippen LogP contribution in [0.2, 0.25) is 0 Å². The minimum atomic E-state index is -3.82. The Hall–Kier alpha value is -3.43. The predicted molar refractivity (Wildman–Crippen MR) is 128 cm³/mol. The van der Waals surface area contributed by atoms with Crippen molar-refractivity contribution in [3.05, 3.63) is 78.3 Å². The average Bonchev–Trinajstić information content (AvgIpc) is 3.32. The molecule has 9 heteroatoms. The van der Waals surface area contributed by atoms with Crippen molar-refractivity contribution in [2.75, 3.05) is 35.8 Å². The molecule has 1 aliphatic rings. The zero-order valence-electron chi connectivity index (χ0n) is 18.3. The molecule has 170 valence electrons. The normalized spacial score (nSPS) is 15.1. The number of rotatable bonds is 6. The number of furan rings is 1. The second kappa shape index (κ2) is 8.84. The molecule has 0 saturated carbocycles. The number of hydrogen-bond donors (Lipinski definition) is 1. The van der Waals surface area contributed by atoms with Crippen molar-refractivity contribution in [3.8, 4) is 0 Å². The molecule has 0 bridgehead atoms. The number of benzene rings is 2. The van der Waals surface area contributed by atoms with Crippen LogP contribution >= 0.6 is 0 Å². The second-order valence-corrected chi connectivity index (χ2v) is 9.75. The lowest BCUT2D eigenvalue weighted by molar-refractivity contribution is 0.230. The van der Waals surface area contributed by atoms with Crippen LogP contribution < -0.4 is 9.62 Å². The molecule has 0 atom stereocenters. The Labute approximate surface area is 192 Å². The summed E-state index contributed by atoms with van der Waals surface area (Å²) in [6.45, 7) is 5.54. The van der Waals surface area contributed by atoms with Gasteiger partial charge in [0, 0.05) is 26.2 Å². The summed E-state index contributed by atoms with van der Waals surface area (Å²) in [6.07, 6.45) is 1.68. The zero-order chi connectivity index (χ0) is 22.8. The third kappa shape index (κ3) is 4.55. The maximum atomic E-state index is 13.2. The molecular weight excluding hydrogens is 438 g/mol. The van der Waals surface area contributed by atoms with Gasteiger partial charge < -0.3 is 9.32 Å². The smallest absolute Gasteiger partial charge is 0.263 e. The molecule has 8 nitrogen and oxygen atoms in total. The van der Waals surface area contributed by atoms with E-state index in [-0.39, 0.29) is 10.7 Å². The molecule has 0 unspecified atom stereocenters. The van der Waals surface area contributed by atoms with Gasteiger partial charge in [0.25, 0.3) is 10.0 Å². The number of hydrogen-bond acceptors (Lipinski definition) is 7. The van der Waals surface area contributed by atoms with Crippen LogP contribution in [-0.2, 0) is 16.6 Å². The third-order valence-corrected chi connectivity index (χ3v) is 7.30.